The van der Waals surface area contributed by atoms with Crippen molar-refractivity contribution in [3.63, 3.8) is 0 Å². The summed E-state index contributed by atoms with van der Waals surface area (Å²) in [6.07, 6.45) is 10.9. The van der Waals surface area contributed by atoms with Crippen LogP contribution in [0, 0.1) is 0 Å². The summed E-state index contributed by atoms with van der Waals surface area (Å²) in [5.74, 6) is 2.41. The van der Waals surface area contributed by atoms with Crippen molar-refractivity contribution in [1.82, 2.24) is 20.2 Å². The van der Waals surface area contributed by atoms with Crippen molar-refractivity contribution in [3.8, 4) is 0 Å². The zero-order valence-corrected chi connectivity index (χ0v) is 23.1. The molecule has 0 amide bonds. The molecule has 0 atom stereocenters. The molecule has 3 aromatic rings. The highest BCUT2D eigenvalue weighted by Gasteiger charge is 2.29. The average molecular weight is 533 g/mol. The maximum absolute atomic E-state index is 5.57. The number of thiophene rings is 1. The lowest BCUT2D eigenvalue weighted by atomic mass is 9.90. The van der Waals surface area contributed by atoms with Crippen LogP contribution < -0.4 is 16.0 Å². The van der Waals surface area contributed by atoms with Gasteiger partial charge in [-0.1, -0.05) is 12.1 Å². The van der Waals surface area contributed by atoms with E-state index < -0.39 is 0 Å². The van der Waals surface area contributed by atoms with Gasteiger partial charge in [0, 0.05) is 35.7 Å². The normalized spacial score (nSPS) is 24.9. The summed E-state index contributed by atoms with van der Waals surface area (Å²) in [6, 6.07) is 10.1. The van der Waals surface area contributed by atoms with Gasteiger partial charge in [-0.25, -0.2) is 4.98 Å². The van der Waals surface area contributed by atoms with E-state index in [1.807, 2.05) is 11.3 Å². The Morgan fingerprint density at radius 2 is 1.71 bits per heavy atom. The lowest BCUT2D eigenvalue weighted by Gasteiger charge is -2.39. The molecule has 202 valence electrons. The highest BCUT2D eigenvalue weighted by atomic mass is 32.1. The molecule has 2 saturated heterocycles. The molecule has 38 heavy (non-hydrogen) atoms. The van der Waals surface area contributed by atoms with Gasteiger partial charge in [-0.3, -0.25) is 4.90 Å². The maximum Gasteiger partial charge on any atom is 0.230 e. The summed E-state index contributed by atoms with van der Waals surface area (Å²) in [5.41, 5.74) is 3.99. The Labute approximate surface area is 229 Å². The predicted octanol–water partition coefficient (Wildman–Crippen LogP) is 5.45. The summed E-state index contributed by atoms with van der Waals surface area (Å²) in [6.45, 7) is 6.18. The number of piperidine rings is 1. The first-order valence-corrected chi connectivity index (χ1v) is 15.6. The fraction of sp³-hybridized carbons (Fsp3) is 0.600. The van der Waals surface area contributed by atoms with Gasteiger partial charge in [0.15, 0.2) is 0 Å². The molecule has 0 unspecified atom stereocenters. The molecule has 8 heteroatoms. The third-order valence-electron chi connectivity index (χ3n) is 9.14. The number of aromatic nitrogens is 2. The Morgan fingerprint density at radius 3 is 2.50 bits per heavy atom. The molecule has 1 aromatic carbocycles. The second-order valence-electron chi connectivity index (χ2n) is 11.5. The predicted molar refractivity (Wildman–Crippen MR) is 156 cm³/mol. The molecule has 2 aliphatic heterocycles. The lowest BCUT2D eigenvalue weighted by molar-refractivity contribution is 0.00791. The van der Waals surface area contributed by atoms with Crippen LogP contribution in [0.4, 0.5) is 17.5 Å². The summed E-state index contributed by atoms with van der Waals surface area (Å²) in [4.78, 5) is 15.4. The standard InChI is InChI=1S/C30H40N6OS/c1-2-25-26(3-1)38-29-27(25)28(32-22-8-10-24(11-9-22)36-16-18-37-19-17-36)34-30(35-29)33-23-6-4-20(5-7-23)21-12-14-31-15-13-21/h4-7,21-22,24,31H,1-3,8-19H2,(H2,32,33,34,35)/t22-,24-. The first-order chi connectivity index (χ1) is 18.8. The number of morpholine rings is 1. The molecule has 0 spiro atoms. The van der Waals surface area contributed by atoms with Crippen molar-refractivity contribution < 1.29 is 4.74 Å². The van der Waals surface area contributed by atoms with Gasteiger partial charge >= 0.3 is 0 Å². The number of benzene rings is 1. The van der Waals surface area contributed by atoms with Crippen LogP contribution in [-0.2, 0) is 17.6 Å². The van der Waals surface area contributed by atoms with Gasteiger partial charge in [0.05, 0.1) is 18.6 Å². The van der Waals surface area contributed by atoms with E-state index in [9.17, 15) is 0 Å². The van der Waals surface area contributed by atoms with Crippen molar-refractivity contribution in [2.45, 2.75) is 75.8 Å². The topological polar surface area (TPSA) is 74.3 Å². The molecule has 3 fully saturated rings. The van der Waals surface area contributed by atoms with Crippen LogP contribution in [0.15, 0.2) is 24.3 Å². The number of ether oxygens (including phenoxy) is 1. The minimum atomic E-state index is 0.472. The van der Waals surface area contributed by atoms with E-state index in [0.29, 0.717) is 23.9 Å². The molecule has 4 aliphatic rings. The molecule has 0 radical (unpaired) electrons. The van der Waals surface area contributed by atoms with E-state index in [-0.39, 0.29) is 0 Å². The van der Waals surface area contributed by atoms with Crippen LogP contribution in [0.2, 0.25) is 0 Å². The van der Waals surface area contributed by atoms with Gasteiger partial charge in [-0.15, -0.1) is 11.3 Å². The first kappa shape index (κ1) is 24.8. The summed E-state index contributed by atoms with van der Waals surface area (Å²) in [7, 11) is 0. The van der Waals surface area contributed by atoms with Crippen molar-refractivity contribution >= 4 is 39.0 Å². The van der Waals surface area contributed by atoms with Gasteiger partial charge in [0.25, 0.3) is 0 Å². The van der Waals surface area contributed by atoms with E-state index in [2.05, 4.69) is 45.1 Å². The van der Waals surface area contributed by atoms with Crippen LogP contribution in [0.3, 0.4) is 0 Å². The number of hydrogen-bond acceptors (Lipinski definition) is 8. The van der Waals surface area contributed by atoms with Gasteiger partial charge in [0.1, 0.15) is 10.6 Å². The second kappa shape index (κ2) is 11.1. The number of hydrogen-bond donors (Lipinski definition) is 3. The molecule has 4 heterocycles. The molecular formula is C30H40N6OS. The van der Waals surface area contributed by atoms with E-state index in [0.717, 1.165) is 62.1 Å². The minimum Gasteiger partial charge on any atom is -0.379 e. The number of aryl methyl sites for hydroxylation is 2. The fourth-order valence-corrected chi connectivity index (χ4v) is 8.26. The first-order valence-electron chi connectivity index (χ1n) is 14.8. The number of nitrogens with zero attached hydrogens (tertiary/aromatic N) is 3. The maximum atomic E-state index is 5.57. The molecule has 7 nitrogen and oxygen atoms in total. The Hall–Kier alpha value is -2.26. The Balaban J connectivity index is 1.09. The van der Waals surface area contributed by atoms with Crippen LogP contribution in [0.25, 0.3) is 10.2 Å². The molecule has 3 N–H and O–H groups in total. The van der Waals surface area contributed by atoms with Crippen LogP contribution in [0.5, 0.6) is 0 Å². The third kappa shape index (κ3) is 5.16. The Kier molecular flexibility index (Phi) is 7.22. The quantitative estimate of drug-likeness (QED) is 0.390. The summed E-state index contributed by atoms with van der Waals surface area (Å²) in [5, 5.41) is 12.2. The van der Waals surface area contributed by atoms with E-state index >= 15 is 0 Å². The third-order valence-corrected chi connectivity index (χ3v) is 10.3. The second-order valence-corrected chi connectivity index (χ2v) is 12.6. The summed E-state index contributed by atoms with van der Waals surface area (Å²) < 4.78 is 5.57. The van der Waals surface area contributed by atoms with Crippen LogP contribution in [0.1, 0.15) is 66.9 Å². The molecule has 7 rings (SSSR count). The van der Waals surface area contributed by atoms with E-state index in [1.54, 1.807) is 0 Å². The SMILES string of the molecule is c1cc(C2CCNCC2)ccc1Nc1nc(N[C@H]2CC[C@H](N3CCOCC3)CC2)c2c3c(sc2n1)CCC3. The number of anilines is 3. The largest absolute Gasteiger partial charge is 0.379 e. The molecule has 1 saturated carbocycles. The zero-order valence-electron chi connectivity index (χ0n) is 22.3. The molecular weight excluding hydrogens is 492 g/mol. The van der Waals surface area contributed by atoms with Gasteiger partial charge in [-0.05, 0) is 100 Å². The number of nitrogens with one attached hydrogen (secondary N) is 3. The molecule has 0 bridgehead atoms. The minimum absolute atomic E-state index is 0.472. The van der Waals surface area contributed by atoms with Gasteiger partial charge in [-0.2, -0.15) is 4.98 Å². The Bertz CT molecular complexity index is 1240. The number of fused-ring (bicyclic) bond motifs is 3. The highest BCUT2D eigenvalue weighted by molar-refractivity contribution is 7.19. The average Bonchev–Trinajstić information content (AvgIpc) is 3.56. The van der Waals surface area contributed by atoms with E-state index in [1.165, 1.54) is 72.8 Å². The van der Waals surface area contributed by atoms with Crippen molar-refractivity contribution in [2.75, 3.05) is 50.0 Å². The monoisotopic (exact) mass is 532 g/mol. The van der Waals surface area contributed by atoms with Gasteiger partial charge < -0.3 is 20.7 Å². The van der Waals surface area contributed by atoms with Crippen LogP contribution in [-0.4, -0.2) is 66.3 Å². The fourth-order valence-electron chi connectivity index (χ4n) is 7.00. The molecule has 2 aliphatic carbocycles. The van der Waals surface area contributed by atoms with Crippen molar-refractivity contribution in [1.29, 1.82) is 0 Å². The van der Waals surface area contributed by atoms with E-state index in [4.69, 9.17) is 14.7 Å². The Morgan fingerprint density at radius 1 is 0.921 bits per heavy atom. The summed E-state index contributed by atoms with van der Waals surface area (Å²) >= 11 is 1.87. The zero-order chi connectivity index (χ0) is 25.3. The lowest BCUT2D eigenvalue weighted by Crippen LogP contribution is -2.46. The number of rotatable bonds is 6. The molecule has 2 aromatic heterocycles. The highest BCUT2D eigenvalue weighted by Crippen LogP contribution is 2.41. The van der Waals surface area contributed by atoms with Crippen LogP contribution >= 0.6 is 11.3 Å². The smallest absolute Gasteiger partial charge is 0.230 e. The van der Waals surface area contributed by atoms with Crippen molar-refractivity contribution in [2.24, 2.45) is 0 Å². The van der Waals surface area contributed by atoms with Crippen molar-refractivity contribution in [3.05, 3.63) is 40.3 Å². The van der Waals surface area contributed by atoms with Gasteiger partial charge in [0.2, 0.25) is 5.95 Å².